The summed E-state index contributed by atoms with van der Waals surface area (Å²) in [6, 6.07) is 16.7. The quantitative estimate of drug-likeness (QED) is 0.324. The van der Waals surface area contributed by atoms with Gasteiger partial charge in [0, 0.05) is 5.02 Å². The van der Waals surface area contributed by atoms with E-state index in [0.717, 1.165) is 5.56 Å². The molecule has 0 aliphatic carbocycles. The zero-order valence-corrected chi connectivity index (χ0v) is 18.9. The number of benzene rings is 3. The molecule has 0 atom stereocenters. The number of rotatable bonds is 8. The van der Waals surface area contributed by atoms with E-state index in [0.29, 0.717) is 38.7 Å². The van der Waals surface area contributed by atoms with Gasteiger partial charge in [-0.2, -0.15) is 5.10 Å². The van der Waals surface area contributed by atoms with Gasteiger partial charge in [-0.25, -0.2) is 9.82 Å². The van der Waals surface area contributed by atoms with E-state index in [2.05, 4.69) is 26.5 Å². The fourth-order valence-corrected chi connectivity index (χ4v) is 3.40. The predicted octanol–water partition coefficient (Wildman–Crippen LogP) is 5.52. The Hall–Kier alpha value is -2.90. The maximum atomic E-state index is 12.9. The first-order valence-corrected chi connectivity index (χ1v) is 10.4. The number of methoxy groups -OCH3 is 1. The van der Waals surface area contributed by atoms with Crippen molar-refractivity contribution in [2.75, 3.05) is 7.11 Å². The van der Waals surface area contributed by atoms with Crippen molar-refractivity contribution >= 4 is 39.7 Å². The highest BCUT2D eigenvalue weighted by Gasteiger charge is 2.12. The van der Waals surface area contributed by atoms with Gasteiger partial charge in [0.15, 0.2) is 11.5 Å². The van der Waals surface area contributed by atoms with E-state index >= 15 is 0 Å². The van der Waals surface area contributed by atoms with E-state index in [4.69, 9.17) is 21.1 Å². The number of carbonyl (C=O) groups is 1. The second-order valence-electron chi connectivity index (χ2n) is 6.55. The van der Waals surface area contributed by atoms with Crippen LogP contribution in [-0.2, 0) is 17.8 Å². The maximum absolute atomic E-state index is 12.9. The van der Waals surface area contributed by atoms with E-state index < -0.39 is 0 Å². The lowest BCUT2D eigenvalue weighted by molar-refractivity contribution is -0.120. The number of ether oxygens (including phenoxy) is 2. The van der Waals surface area contributed by atoms with Crippen molar-refractivity contribution in [3.05, 3.63) is 92.7 Å². The molecular formula is C23H19BrClFN2O3. The lowest BCUT2D eigenvalue weighted by atomic mass is 10.1. The van der Waals surface area contributed by atoms with Gasteiger partial charge in [0.05, 0.1) is 24.2 Å². The van der Waals surface area contributed by atoms with Gasteiger partial charge in [-0.15, -0.1) is 0 Å². The van der Waals surface area contributed by atoms with Crippen LogP contribution < -0.4 is 14.9 Å². The summed E-state index contributed by atoms with van der Waals surface area (Å²) < 4.78 is 25.0. The molecule has 0 aliphatic heterocycles. The molecule has 0 radical (unpaired) electrons. The third-order valence-electron chi connectivity index (χ3n) is 4.23. The van der Waals surface area contributed by atoms with Crippen LogP contribution in [-0.4, -0.2) is 19.2 Å². The van der Waals surface area contributed by atoms with Crippen LogP contribution in [0.1, 0.15) is 16.7 Å². The molecular weight excluding hydrogens is 487 g/mol. The van der Waals surface area contributed by atoms with Gasteiger partial charge < -0.3 is 9.47 Å². The molecule has 1 amide bonds. The van der Waals surface area contributed by atoms with E-state index in [1.165, 1.54) is 18.3 Å². The maximum Gasteiger partial charge on any atom is 0.244 e. The minimum atomic E-state index is -0.345. The third-order valence-corrected chi connectivity index (χ3v) is 5.07. The van der Waals surface area contributed by atoms with Crippen LogP contribution in [0.5, 0.6) is 11.5 Å². The van der Waals surface area contributed by atoms with Crippen LogP contribution in [0.2, 0.25) is 5.02 Å². The molecule has 3 aromatic rings. The van der Waals surface area contributed by atoms with E-state index in [1.807, 2.05) is 12.1 Å². The Bertz CT molecular complexity index is 1070. The first-order valence-electron chi connectivity index (χ1n) is 9.25. The Morgan fingerprint density at radius 3 is 2.48 bits per heavy atom. The fourth-order valence-electron chi connectivity index (χ4n) is 2.70. The van der Waals surface area contributed by atoms with Crippen molar-refractivity contribution in [1.82, 2.24) is 5.43 Å². The molecule has 31 heavy (non-hydrogen) atoms. The molecule has 8 heteroatoms. The molecule has 5 nitrogen and oxygen atoms in total. The van der Waals surface area contributed by atoms with E-state index in [9.17, 15) is 9.18 Å². The Kier molecular flexibility index (Phi) is 8.03. The van der Waals surface area contributed by atoms with Gasteiger partial charge in [0.25, 0.3) is 0 Å². The van der Waals surface area contributed by atoms with Crippen LogP contribution in [0.25, 0.3) is 0 Å². The molecule has 0 aliphatic rings. The second-order valence-corrected chi connectivity index (χ2v) is 7.84. The summed E-state index contributed by atoms with van der Waals surface area (Å²) in [5.41, 5.74) is 4.82. The number of hydrogen-bond donors (Lipinski definition) is 1. The van der Waals surface area contributed by atoms with Crippen molar-refractivity contribution in [3.63, 3.8) is 0 Å². The highest BCUT2D eigenvalue weighted by molar-refractivity contribution is 9.10. The van der Waals surface area contributed by atoms with Gasteiger partial charge in [0.1, 0.15) is 12.4 Å². The average molecular weight is 506 g/mol. The lowest BCUT2D eigenvalue weighted by Gasteiger charge is -2.13. The minimum absolute atomic E-state index is 0.0993. The molecule has 3 aromatic carbocycles. The van der Waals surface area contributed by atoms with Crippen molar-refractivity contribution < 1.29 is 18.7 Å². The zero-order chi connectivity index (χ0) is 22.2. The third kappa shape index (κ3) is 6.80. The minimum Gasteiger partial charge on any atom is -0.493 e. The number of nitrogens with one attached hydrogen (secondary N) is 1. The van der Waals surface area contributed by atoms with Crippen molar-refractivity contribution in [2.45, 2.75) is 13.0 Å². The Labute approximate surface area is 193 Å². The summed E-state index contributed by atoms with van der Waals surface area (Å²) >= 11 is 9.40. The smallest absolute Gasteiger partial charge is 0.244 e. The summed E-state index contributed by atoms with van der Waals surface area (Å²) in [6.45, 7) is 0.346. The van der Waals surface area contributed by atoms with Crippen LogP contribution in [0.4, 0.5) is 4.39 Å². The molecule has 0 saturated heterocycles. The molecule has 0 fully saturated rings. The number of nitrogens with zero attached hydrogens (tertiary/aromatic N) is 1. The number of hydrogen-bond acceptors (Lipinski definition) is 4. The second kappa shape index (κ2) is 10.9. The first kappa shape index (κ1) is 22.8. The lowest BCUT2D eigenvalue weighted by Crippen LogP contribution is -2.19. The van der Waals surface area contributed by atoms with Crippen molar-refractivity contribution in [2.24, 2.45) is 5.10 Å². The van der Waals surface area contributed by atoms with Crippen LogP contribution in [0.3, 0.4) is 0 Å². The molecule has 0 heterocycles. The number of halogens is 3. The van der Waals surface area contributed by atoms with Gasteiger partial charge in [-0.1, -0.05) is 35.9 Å². The summed E-state index contributed by atoms with van der Waals surface area (Å²) in [4.78, 5) is 12.0. The highest BCUT2D eigenvalue weighted by Crippen LogP contribution is 2.36. The van der Waals surface area contributed by atoms with Crippen LogP contribution in [0, 0.1) is 5.82 Å². The highest BCUT2D eigenvalue weighted by atomic mass is 79.9. The largest absolute Gasteiger partial charge is 0.493 e. The van der Waals surface area contributed by atoms with E-state index in [-0.39, 0.29) is 18.1 Å². The number of hydrazone groups is 1. The Morgan fingerprint density at radius 2 is 1.81 bits per heavy atom. The molecule has 0 unspecified atom stereocenters. The molecule has 0 spiro atoms. The average Bonchev–Trinajstić information content (AvgIpc) is 2.75. The van der Waals surface area contributed by atoms with E-state index in [1.54, 1.807) is 43.5 Å². The summed E-state index contributed by atoms with van der Waals surface area (Å²) in [6.07, 6.45) is 1.60. The summed E-state index contributed by atoms with van der Waals surface area (Å²) in [5.74, 6) is 0.413. The van der Waals surface area contributed by atoms with Gasteiger partial charge in [-0.3, -0.25) is 4.79 Å². The molecule has 160 valence electrons. The molecule has 0 saturated carbocycles. The monoisotopic (exact) mass is 504 g/mol. The van der Waals surface area contributed by atoms with Crippen molar-refractivity contribution in [1.29, 1.82) is 0 Å². The molecule has 0 bridgehead atoms. The Morgan fingerprint density at radius 1 is 1.13 bits per heavy atom. The standard InChI is InChI=1S/C23H19BrClFN2O3/c1-30-21-11-17(13-27-28-22(29)12-15-4-8-19(26)9-5-15)10-20(24)23(21)31-14-16-2-6-18(25)7-3-16/h2-11,13H,12,14H2,1H3,(H,28,29)/b27-13+. The summed E-state index contributed by atoms with van der Waals surface area (Å²) in [7, 11) is 1.54. The zero-order valence-electron chi connectivity index (χ0n) is 16.6. The summed E-state index contributed by atoms with van der Waals surface area (Å²) in [5, 5.41) is 4.64. The van der Waals surface area contributed by atoms with Crippen molar-refractivity contribution in [3.8, 4) is 11.5 Å². The van der Waals surface area contributed by atoms with Gasteiger partial charge >= 0.3 is 0 Å². The molecule has 1 N–H and O–H groups in total. The first-order chi connectivity index (χ1) is 14.9. The fraction of sp³-hybridized carbons (Fsp3) is 0.130. The number of amides is 1. The topological polar surface area (TPSA) is 59.9 Å². The van der Waals surface area contributed by atoms with Gasteiger partial charge in [-0.05, 0) is 69.0 Å². The Balaban J connectivity index is 1.62. The van der Waals surface area contributed by atoms with Gasteiger partial charge in [0.2, 0.25) is 5.91 Å². The normalized spacial score (nSPS) is 10.8. The molecule has 3 rings (SSSR count). The SMILES string of the molecule is COc1cc(/C=N/NC(=O)Cc2ccc(F)cc2)cc(Br)c1OCc1ccc(Cl)cc1. The molecule has 0 aromatic heterocycles. The van der Waals surface area contributed by atoms with Crippen LogP contribution >= 0.6 is 27.5 Å². The number of carbonyl (C=O) groups excluding carboxylic acids is 1. The van der Waals surface area contributed by atoms with Crippen LogP contribution in [0.15, 0.2) is 70.2 Å². The predicted molar refractivity (Wildman–Crippen MR) is 122 cm³/mol.